The minimum Gasteiger partial charge on any atom is -0.396 e. The number of nitrogens with one attached hydrogen (secondary N) is 1. The fourth-order valence-corrected chi connectivity index (χ4v) is 2.36. The smallest absolute Gasteiger partial charge is 0.254 e. The zero-order valence-corrected chi connectivity index (χ0v) is 11.7. The van der Waals surface area contributed by atoms with Crippen molar-refractivity contribution in [3.8, 4) is 0 Å². The highest BCUT2D eigenvalue weighted by molar-refractivity contribution is 6.46. The predicted octanol–water partition coefficient (Wildman–Crippen LogP) is 3.15. The molecule has 18 heavy (non-hydrogen) atoms. The molecule has 0 bridgehead atoms. The third kappa shape index (κ3) is 2.75. The fourth-order valence-electron chi connectivity index (χ4n) is 1.66. The van der Waals surface area contributed by atoms with Crippen LogP contribution in [-0.4, -0.2) is 24.2 Å². The van der Waals surface area contributed by atoms with Crippen LogP contribution in [0.1, 0.15) is 23.2 Å². The van der Waals surface area contributed by atoms with Gasteiger partial charge in [-0.2, -0.15) is 0 Å². The molecule has 0 atom stereocenters. The Morgan fingerprint density at radius 2 is 1.89 bits per heavy atom. The van der Waals surface area contributed by atoms with Crippen LogP contribution in [0.4, 0.5) is 0 Å². The summed E-state index contributed by atoms with van der Waals surface area (Å²) in [6.45, 7) is 0.492. The molecule has 1 fully saturated rings. The van der Waals surface area contributed by atoms with Gasteiger partial charge in [0, 0.05) is 12.0 Å². The van der Waals surface area contributed by atoms with Gasteiger partial charge in [0.25, 0.3) is 5.91 Å². The molecule has 2 N–H and O–H groups in total. The summed E-state index contributed by atoms with van der Waals surface area (Å²) in [4.78, 5) is 12.0. The third-order valence-electron chi connectivity index (χ3n) is 3.19. The molecule has 0 aromatic heterocycles. The molecule has 0 spiro atoms. The minimum atomic E-state index is -0.368. The van der Waals surface area contributed by atoms with Crippen molar-refractivity contribution >= 4 is 40.7 Å². The first kappa shape index (κ1) is 13.9. The number of halogens is 3. The highest BCUT2D eigenvalue weighted by Gasteiger charge is 2.42. The van der Waals surface area contributed by atoms with Crippen LogP contribution in [0.5, 0.6) is 0 Å². The first-order valence-electron chi connectivity index (χ1n) is 5.52. The van der Waals surface area contributed by atoms with E-state index in [9.17, 15) is 4.79 Å². The zero-order chi connectivity index (χ0) is 13.3. The van der Waals surface area contributed by atoms with E-state index >= 15 is 0 Å². The molecule has 1 amide bonds. The fraction of sp³-hybridized carbons (Fsp3) is 0.417. The second-order valence-corrected chi connectivity index (χ2v) is 5.75. The lowest BCUT2D eigenvalue weighted by molar-refractivity contribution is 0.0935. The van der Waals surface area contributed by atoms with E-state index in [-0.39, 0.29) is 38.6 Å². The van der Waals surface area contributed by atoms with Crippen molar-refractivity contribution < 1.29 is 9.90 Å². The summed E-state index contributed by atoms with van der Waals surface area (Å²) >= 11 is 17.8. The summed E-state index contributed by atoms with van der Waals surface area (Å²) in [6, 6.07) is 3.07. The van der Waals surface area contributed by atoms with Crippen molar-refractivity contribution in [1.29, 1.82) is 0 Å². The van der Waals surface area contributed by atoms with Crippen molar-refractivity contribution in [3.05, 3.63) is 32.8 Å². The van der Waals surface area contributed by atoms with Crippen LogP contribution in [0.15, 0.2) is 12.1 Å². The summed E-state index contributed by atoms with van der Waals surface area (Å²) in [5.41, 5.74) is 0.0206. The topological polar surface area (TPSA) is 49.3 Å². The van der Waals surface area contributed by atoms with Gasteiger partial charge in [0.2, 0.25) is 0 Å². The number of amides is 1. The van der Waals surface area contributed by atoms with Crippen LogP contribution >= 0.6 is 34.8 Å². The van der Waals surface area contributed by atoms with Crippen molar-refractivity contribution in [3.63, 3.8) is 0 Å². The van der Waals surface area contributed by atoms with E-state index in [4.69, 9.17) is 39.9 Å². The summed E-state index contributed by atoms with van der Waals surface area (Å²) in [5.74, 6) is -0.368. The van der Waals surface area contributed by atoms with Gasteiger partial charge in [-0.3, -0.25) is 4.79 Å². The molecule has 1 saturated carbocycles. The molecule has 2 rings (SSSR count). The molecule has 6 heteroatoms. The van der Waals surface area contributed by atoms with E-state index in [0.717, 1.165) is 12.8 Å². The lowest BCUT2D eigenvalue weighted by Gasteiger charge is -2.14. The molecule has 1 aliphatic rings. The monoisotopic (exact) mass is 307 g/mol. The molecule has 0 aliphatic heterocycles. The number of hydrogen-bond acceptors (Lipinski definition) is 2. The molecule has 0 saturated heterocycles. The van der Waals surface area contributed by atoms with Crippen LogP contribution in [0.25, 0.3) is 0 Å². The Labute approximate surface area is 120 Å². The molecule has 3 nitrogen and oxygen atoms in total. The van der Waals surface area contributed by atoms with Gasteiger partial charge in [0.1, 0.15) is 0 Å². The maximum Gasteiger partial charge on any atom is 0.254 e. The maximum absolute atomic E-state index is 12.0. The Kier molecular flexibility index (Phi) is 4.07. The quantitative estimate of drug-likeness (QED) is 0.840. The van der Waals surface area contributed by atoms with E-state index in [1.165, 1.54) is 6.07 Å². The van der Waals surface area contributed by atoms with Gasteiger partial charge < -0.3 is 10.4 Å². The molecule has 1 aromatic carbocycles. The van der Waals surface area contributed by atoms with Gasteiger partial charge >= 0.3 is 0 Å². The summed E-state index contributed by atoms with van der Waals surface area (Å²) < 4.78 is 0. The number of benzene rings is 1. The second-order valence-electron chi connectivity index (χ2n) is 4.56. The number of hydrogen-bond donors (Lipinski definition) is 2. The number of aliphatic hydroxyl groups is 1. The lowest BCUT2D eigenvalue weighted by Crippen LogP contribution is -2.32. The second kappa shape index (κ2) is 5.25. The van der Waals surface area contributed by atoms with Gasteiger partial charge in [-0.25, -0.2) is 0 Å². The van der Waals surface area contributed by atoms with Gasteiger partial charge in [-0.05, 0) is 25.0 Å². The van der Waals surface area contributed by atoms with Crippen molar-refractivity contribution in [2.45, 2.75) is 12.8 Å². The molecule has 1 aromatic rings. The molecule has 0 unspecified atom stereocenters. The molecule has 98 valence electrons. The Morgan fingerprint density at radius 3 is 2.44 bits per heavy atom. The van der Waals surface area contributed by atoms with Gasteiger partial charge in [0.05, 0.1) is 27.2 Å². The lowest BCUT2D eigenvalue weighted by atomic mass is 10.1. The largest absolute Gasteiger partial charge is 0.396 e. The Bertz CT molecular complexity index is 486. The Morgan fingerprint density at radius 1 is 1.28 bits per heavy atom. The summed E-state index contributed by atoms with van der Waals surface area (Å²) in [5, 5.41) is 12.6. The predicted molar refractivity (Wildman–Crippen MR) is 72.6 cm³/mol. The van der Waals surface area contributed by atoms with E-state index < -0.39 is 0 Å². The van der Waals surface area contributed by atoms with Crippen LogP contribution in [0, 0.1) is 5.41 Å². The normalized spacial score (nSPS) is 16.4. The van der Waals surface area contributed by atoms with Crippen LogP contribution in [-0.2, 0) is 0 Å². The summed E-state index contributed by atoms with van der Waals surface area (Å²) in [7, 11) is 0. The highest BCUT2D eigenvalue weighted by atomic mass is 35.5. The SMILES string of the molecule is O=C(NCC1(CO)CC1)c1c(Cl)ccc(Cl)c1Cl. The average Bonchev–Trinajstić information content (AvgIpc) is 3.13. The van der Waals surface area contributed by atoms with E-state index in [2.05, 4.69) is 5.32 Å². The standard InChI is InChI=1S/C12H12Cl3NO2/c13-7-1-2-8(14)10(15)9(7)11(18)16-5-12(6-17)3-4-12/h1-2,17H,3-6H2,(H,16,18). The molecular weight excluding hydrogens is 296 g/mol. The average molecular weight is 309 g/mol. The van der Waals surface area contributed by atoms with Crippen molar-refractivity contribution in [2.24, 2.45) is 5.41 Å². The minimum absolute atomic E-state index is 0.0737. The Balaban J connectivity index is 2.12. The zero-order valence-electron chi connectivity index (χ0n) is 9.47. The number of carbonyl (C=O) groups is 1. The Hall–Kier alpha value is -0.480. The molecular formula is C12H12Cl3NO2. The first-order valence-corrected chi connectivity index (χ1v) is 6.65. The van der Waals surface area contributed by atoms with Crippen molar-refractivity contribution in [1.82, 2.24) is 5.32 Å². The number of carbonyl (C=O) groups excluding carboxylic acids is 1. The van der Waals surface area contributed by atoms with Crippen LogP contribution in [0.3, 0.4) is 0 Å². The van der Waals surface area contributed by atoms with Crippen LogP contribution in [0.2, 0.25) is 15.1 Å². The first-order chi connectivity index (χ1) is 8.49. The third-order valence-corrected chi connectivity index (χ3v) is 4.31. The van der Waals surface area contributed by atoms with Gasteiger partial charge in [0.15, 0.2) is 0 Å². The maximum atomic E-state index is 12.0. The number of aliphatic hydroxyl groups excluding tert-OH is 1. The molecule has 0 heterocycles. The highest BCUT2D eigenvalue weighted by Crippen LogP contribution is 2.44. The van der Waals surface area contributed by atoms with E-state index in [1.54, 1.807) is 6.07 Å². The molecule has 1 aliphatic carbocycles. The number of rotatable bonds is 4. The van der Waals surface area contributed by atoms with E-state index in [1.807, 2.05) is 0 Å². The van der Waals surface area contributed by atoms with Crippen molar-refractivity contribution in [2.75, 3.05) is 13.2 Å². The van der Waals surface area contributed by atoms with Gasteiger partial charge in [-0.15, -0.1) is 0 Å². The van der Waals surface area contributed by atoms with Crippen LogP contribution < -0.4 is 5.32 Å². The summed E-state index contributed by atoms with van der Waals surface area (Å²) in [6.07, 6.45) is 1.83. The molecule has 0 radical (unpaired) electrons. The van der Waals surface area contributed by atoms with Gasteiger partial charge in [-0.1, -0.05) is 34.8 Å². The van der Waals surface area contributed by atoms with E-state index in [0.29, 0.717) is 6.54 Å².